The lowest BCUT2D eigenvalue weighted by molar-refractivity contribution is 0.0874. The third-order valence-corrected chi connectivity index (χ3v) is 2.97. The first kappa shape index (κ1) is 15.3. The smallest absolute Gasteiger partial charge is 0.150 e. The van der Waals surface area contributed by atoms with Crippen molar-refractivity contribution in [2.24, 2.45) is 0 Å². The van der Waals surface area contributed by atoms with Gasteiger partial charge in [-0.1, -0.05) is 23.2 Å². The van der Waals surface area contributed by atoms with Crippen molar-refractivity contribution < 1.29 is 5.11 Å². The molecule has 0 amide bonds. The van der Waals surface area contributed by atoms with Crippen LogP contribution in [0.4, 0.5) is 11.6 Å². The van der Waals surface area contributed by atoms with Crippen molar-refractivity contribution in [3.63, 3.8) is 0 Å². The number of rotatable bonds is 5. The van der Waals surface area contributed by atoms with Gasteiger partial charge in [-0.05, 0) is 26.8 Å². The second-order valence-electron chi connectivity index (χ2n) is 4.70. The highest BCUT2D eigenvalue weighted by molar-refractivity contribution is 6.37. The van der Waals surface area contributed by atoms with E-state index in [-0.39, 0.29) is 0 Å². The maximum atomic E-state index is 9.90. The zero-order valence-corrected chi connectivity index (χ0v) is 12.6. The number of hydrogen-bond acceptors (Lipinski definition) is 4. The fourth-order valence-electron chi connectivity index (χ4n) is 1.66. The molecule has 2 N–H and O–H groups in total. The minimum absolute atomic E-state index is 0.445. The molecule has 0 fully saturated rings. The van der Waals surface area contributed by atoms with Gasteiger partial charge in [-0.2, -0.15) is 0 Å². The zero-order valence-electron chi connectivity index (χ0n) is 11.1. The third kappa shape index (κ3) is 3.90. The van der Waals surface area contributed by atoms with Crippen molar-refractivity contribution in [3.8, 4) is 0 Å². The lowest BCUT2D eigenvalue weighted by atomic mass is 10.1. The van der Waals surface area contributed by atoms with Crippen molar-refractivity contribution in [3.05, 3.63) is 16.1 Å². The van der Waals surface area contributed by atoms with Crippen LogP contribution >= 0.6 is 23.2 Å². The van der Waals surface area contributed by atoms with Crippen LogP contribution in [-0.2, 0) is 0 Å². The lowest BCUT2D eigenvalue weighted by Gasteiger charge is -2.29. The van der Waals surface area contributed by atoms with Gasteiger partial charge >= 0.3 is 0 Å². The molecule has 1 heterocycles. The van der Waals surface area contributed by atoms with E-state index in [9.17, 15) is 5.11 Å². The number of pyridine rings is 1. The fraction of sp³-hybridized carbons (Fsp3) is 0.583. The SMILES string of the molecule is CCN(CC(C)(C)O)c1nc(NC)c(Cl)cc1Cl. The van der Waals surface area contributed by atoms with Gasteiger partial charge in [-0.3, -0.25) is 0 Å². The van der Waals surface area contributed by atoms with Gasteiger partial charge in [0.2, 0.25) is 0 Å². The molecule has 0 bridgehead atoms. The Hall–Kier alpha value is -0.710. The molecule has 0 radical (unpaired) electrons. The topological polar surface area (TPSA) is 48.4 Å². The van der Waals surface area contributed by atoms with Gasteiger partial charge in [0.25, 0.3) is 0 Å². The summed E-state index contributed by atoms with van der Waals surface area (Å²) in [5.74, 6) is 1.19. The van der Waals surface area contributed by atoms with Crippen molar-refractivity contribution in [2.45, 2.75) is 26.4 Å². The molecule has 0 unspecified atom stereocenters. The number of anilines is 2. The summed E-state index contributed by atoms with van der Waals surface area (Å²) in [6.07, 6.45) is 0. The van der Waals surface area contributed by atoms with Gasteiger partial charge in [0.15, 0.2) is 0 Å². The van der Waals surface area contributed by atoms with Crippen molar-refractivity contribution in [1.82, 2.24) is 4.98 Å². The first-order valence-corrected chi connectivity index (χ1v) is 6.55. The number of likely N-dealkylation sites (N-methyl/N-ethyl adjacent to an activating group) is 1. The van der Waals surface area contributed by atoms with E-state index in [0.717, 1.165) is 0 Å². The largest absolute Gasteiger partial charge is 0.389 e. The van der Waals surface area contributed by atoms with Crippen LogP contribution < -0.4 is 10.2 Å². The number of hydrogen-bond donors (Lipinski definition) is 2. The Morgan fingerprint density at radius 1 is 1.39 bits per heavy atom. The monoisotopic (exact) mass is 291 g/mol. The first-order chi connectivity index (χ1) is 8.28. The lowest BCUT2D eigenvalue weighted by Crippen LogP contribution is -2.39. The van der Waals surface area contributed by atoms with Gasteiger partial charge in [-0.15, -0.1) is 0 Å². The highest BCUT2D eigenvalue weighted by atomic mass is 35.5. The molecular formula is C12H19Cl2N3O. The van der Waals surface area contributed by atoms with Gasteiger partial charge in [0.1, 0.15) is 11.6 Å². The Labute approximate surface area is 118 Å². The average Bonchev–Trinajstić information content (AvgIpc) is 2.25. The Morgan fingerprint density at radius 3 is 2.44 bits per heavy atom. The number of halogens is 2. The summed E-state index contributed by atoms with van der Waals surface area (Å²) in [6.45, 7) is 6.62. The summed E-state index contributed by atoms with van der Waals surface area (Å²) in [6, 6.07) is 1.66. The van der Waals surface area contributed by atoms with Crippen LogP contribution in [0, 0.1) is 0 Å². The maximum Gasteiger partial charge on any atom is 0.150 e. The molecule has 0 aliphatic heterocycles. The van der Waals surface area contributed by atoms with E-state index in [4.69, 9.17) is 23.2 Å². The molecule has 0 atom stereocenters. The summed E-state index contributed by atoms with van der Waals surface area (Å²) in [5, 5.41) is 13.8. The molecule has 0 aromatic carbocycles. The maximum absolute atomic E-state index is 9.90. The molecule has 6 heteroatoms. The minimum atomic E-state index is -0.819. The van der Waals surface area contributed by atoms with Crippen molar-refractivity contribution >= 4 is 34.8 Å². The van der Waals surface area contributed by atoms with Gasteiger partial charge in [0, 0.05) is 20.1 Å². The molecule has 1 aromatic heterocycles. The molecular weight excluding hydrogens is 273 g/mol. The second kappa shape index (κ2) is 5.95. The van der Waals surface area contributed by atoms with Crippen LogP contribution in [-0.4, -0.2) is 35.8 Å². The van der Waals surface area contributed by atoms with Crippen LogP contribution in [0.15, 0.2) is 6.07 Å². The van der Waals surface area contributed by atoms with Gasteiger partial charge in [-0.25, -0.2) is 4.98 Å². The Morgan fingerprint density at radius 2 is 2.00 bits per heavy atom. The van der Waals surface area contributed by atoms with E-state index in [1.54, 1.807) is 27.0 Å². The molecule has 102 valence electrons. The number of nitrogens with zero attached hydrogens (tertiary/aromatic N) is 2. The van der Waals surface area contributed by atoms with Crippen molar-refractivity contribution in [2.75, 3.05) is 30.4 Å². The van der Waals surface area contributed by atoms with E-state index in [2.05, 4.69) is 10.3 Å². The quantitative estimate of drug-likeness (QED) is 0.876. The average molecular weight is 292 g/mol. The van der Waals surface area contributed by atoms with Gasteiger partial charge < -0.3 is 15.3 Å². The van der Waals surface area contributed by atoms with Crippen LogP contribution in [0.3, 0.4) is 0 Å². The molecule has 0 saturated heterocycles. The highest BCUT2D eigenvalue weighted by Gasteiger charge is 2.21. The first-order valence-electron chi connectivity index (χ1n) is 5.79. The molecule has 0 saturated carbocycles. The highest BCUT2D eigenvalue weighted by Crippen LogP contribution is 2.31. The molecule has 0 aliphatic carbocycles. The number of aromatic nitrogens is 1. The Kier molecular flexibility index (Phi) is 5.08. The normalized spacial score (nSPS) is 11.5. The van der Waals surface area contributed by atoms with E-state index in [1.807, 2.05) is 11.8 Å². The van der Waals surface area contributed by atoms with Crippen LogP contribution in [0.25, 0.3) is 0 Å². The fourth-order valence-corrected chi connectivity index (χ4v) is 2.23. The van der Waals surface area contributed by atoms with Crippen LogP contribution in [0.2, 0.25) is 10.0 Å². The van der Waals surface area contributed by atoms with E-state index in [0.29, 0.717) is 34.8 Å². The summed E-state index contributed by atoms with van der Waals surface area (Å²) < 4.78 is 0. The summed E-state index contributed by atoms with van der Waals surface area (Å²) in [7, 11) is 1.75. The van der Waals surface area contributed by atoms with E-state index in [1.165, 1.54) is 0 Å². The van der Waals surface area contributed by atoms with E-state index < -0.39 is 5.60 Å². The molecule has 1 rings (SSSR count). The summed E-state index contributed by atoms with van der Waals surface area (Å²) in [5.41, 5.74) is -0.819. The standard InChI is InChI=1S/C12H19Cl2N3O/c1-5-17(7-12(2,3)18)11-9(14)6-8(13)10(15-4)16-11/h6,18H,5,7H2,1-4H3,(H,15,16). The summed E-state index contributed by atoms with van der Waals surface area (Å²) in [4.78, 5) is 6.30. The summed E-state index contributed by atoms with van der Waals surface area (Å²) >= 11 is 12.2. The van der Waals surface area contributed by atoms with Crippen LogP contribution in [0.5, 0.6) is 0 Å². The van der Waals surface area contributed by atoms with E-state index >= 15 is 0 Å². The number of aliphatic hydroxyl groups is 1. The Balaban J connectivity index is 3.13. The molecule has 18 heavy (non-hydrogen) atoms. The zero-order chi connectivity index (χ0) is 13.9. The minimum Gasteiger partial charge on any atom is -0.389 e. The molecule has 1 aromatic rings. The number of nitrogens with one attached hydrogen (secondary N) is 1. The van der Waals surface area contributed by atoms with Gasteiger partial charge in [0.05, 0.1) is 15.6 Å². The van der Waals surface area contributed by atoms with Crippen molar-refractivity contribution in [1.29, 1.82) is 0 Å². The molecule has 0 spiro atoms. The Bertz CT molecular complexity index is 419. The molecule has 4 nitrogen and oxygen atoms in total. The third-order valence-electron chi connectivity index (χ3n) is 2.41. The predicted octanol–water partition coefficient (Wildman–Crippen LogP) is 3.03. The second-order valence-corrected chi connectivity index (χ2v) is 5.52. The van der Waals surface area contributed by atoms with Crippen LogP contribution in [0.1, 0.15) is 20.8 Å². The molecule has 0 aliphatic rings. The predicted molar refractivity (Wildman–Crippen MR) is 78.0 cm³/mol.